The van der Waals surface area contributed by atoms with Crippen LogP contribution in [0.3, 0.4) is 0 Å². The average molecular weight is 588 g/mol. The fourth-order valence-electron chi connectivity index (χ4n) is 7.38. The van der Waals surface area contributed by atoms with Crippen molar-refractivity contribution in [3.8, 4) is 0 Å². The van der Waals surface area contributed by atoms with Crippen molar-refractivity contribution in [3.63, 3.8) is 0 Å². The molecule has 4 heterocycles. The predicted molar refractivity (Wildman–Crippen MR) is 157 cm³/mol. The zero-order chi connectivity index (χ0) is 30.9. The summed E-state index contributed by atoms with van der Waals surface area (Å²) in [7, 11) is 0. The predicted octanol–water partition coefficient (Wildman–Crippen LogP) is 2.74. The number of amides is 3. The third-order valence-electron chi connectivity index (χ3n) is 8.79. The van der Waals surface area contributed by atoms with Crippen LogP contribution in [-0.2, 0) is 28.7 Å². The van der Waals surface area contributed by atoms with E-state index in [1.54, 1.807) is 17.9 Å². The van der Waals surface area contributed by atoms with E-state index in [0.29, 0.717) is 45.2 Å². The minimum Gasteiger partial charge on any atom is -0.460 e. The number of aliphatic hydroxyl groups excluding tert-OH is 1. The minimum atomic E-state index is -1.27. The molecule has 0 aromatic carbocycles. The van der Waals surface area contributed by atoms with Crippen molar-refractivity contribution in [2.75, 3.05) is 26.2 Å². The van der Waals surface area contributed by atoms with E-state index in [4.69, 9.17) is 9.47 Å². The van der Waals surface area contributed by atoms with E-state index in [-0.39, 0.29) is 42.7 Å². The number of fused-ring (bicyclic) bond motifs is 2. The fraction of sp³-hybridized carbons (Fsp3) is 0.750. The maximum atomic E-state index is 14.8. The topological polar surface area (TPSA) is 125 Å². The summed E-state index contributed by atoms with van der Waals surface area (Å²) in [6, 6.07) is -0.938. The second-order valence-electron chi connectivity index (χ2n) is 14.1. The number of nitrogens with zero attached hydrogens (tertiary/aromatic N) is 2. The number of hydrogen-bond donors (Lipinski definition) is 2. The summed E-state index contributed by atoms with van der Waals surface area (Å²) in [6.07, 6.45) is 9.59. The van der Waals surface area contributed by atoms with Crippen molar-refractivity contribution in [3.05, 3.63) is 24.3 Å². The summed E-state index contributed by atoms with van der Waals surface area (Å²) < 4.78 is 12.2. The van der Waals surface area contributed by atoms with Gasteiger partial charge in [0.2, 0.25) is 17.7 Å². The van der Waals surface area contributed by atoms with Crippen LogP contribution in [0.25, 0.3) is 0 Å². The van der Waals surface area contributed by atoms with Crippen LogP contribution in [0.1, 0.15) is 80.1 Å². The molecular formula is C32H49N3O7. The molecule has 1 spiro atoms. The maximum absolute atomic E-state index is 14.8. The average Bonchev–Trinajstić information content (AvgIpc) is 3.52. The molecule has 3 amide bonds. The molecule has 4 aliphatic rings. The van der Waals surface area contributed by atoms with Crippen LogP contribution in [-0.4, -0.2) is 94.2 Å². The van der Waals surface area contributed by atoms with Crippen molar-refractivity contribution in [1.29, 1.82) is 0 Å². The normalized spacial score (nSPS) is 33.2. The molecule has 0 unspecified atom stereocenters. The number of carbonyl (C=O) groups excluding carboxylic acids is 4. The highest BCUT2D eigenvalue weighted by Gasteiger charge is 2.73. The third-order valence-corrected chi connectivity index (χ3v) is 8.79. The lowest BCUT2D eigenvalue weighted by Gasteiger charge is -2.45. The van der Waals surface area contributed by atoms with E-state index in [1.807, 2.05) is 37.0 Å². The molecule has 0 radical (unpaired) electrons. The summed E-state index contributed by atoms with van der Waals surface area (Å²) in [4.78, 5) is 58.4. The van der Waals surface area contributed by atoms with Gasteiger partial charge in [-0.2, -0.15) is 0 Å². The summed E-state index contributed by atoms with van der Waals surface area (Å²) >= 11 is 0. The van der Waals surface area contributed by atoms with Crippen LogP contribution in [0.5, 0.6) is 0 Å². The van der Waals surface area contributed by atoms with Gasteiger partial charge in [-0.3, -0.25) is 19.2 Å². The molecule has 4 aliphatic heterocycles. The zero-order valence-corrected chi connectivity index (χ0v) is 26.1. The molecule has 42 heavy (non-hydrogen) atoms. The number of aliphatic hydroxyl groups is 1. The molecular weight excluding hydrogens is 538 g/mol. The van der Waals surface area contributed by atoms with Gasteiger partial charge in [0.15, 0.2) is 0 Å². The van der Waals surface area contributed by atoms with E-state index in [9.17, 15) is 24.3 Å². The number of esters is 1. The Labute approximate surface area is 249 Å². The summed E-state index contributed by atoms with van der Waals surface area (Å²) in [5.41, 5.74) is -1.93. The van der Waals surface area contributed by atoms with Gasteiger partial charge >= 0.3 is 5.97 Å². The SMILES string of the molecule is C[C@H]1CNC(=O)CC/C=C\CN(C(C)(C)CC(C)(C)C)C(=O)[C@H]2N(CCCCCO)C(=O)[C@@H]3[C@@H](C(=O)O1)[C@H]1C=C[C@]32O1. The van der Waals surface area contributed by atoms with E-state index in [1.165, 1.54) is 0 Å². The van der Waals surface area contributed by atoms with Gasteiger partial charge in [0.1, 0.15) is 23.7 Å². The number of likely N-dealkylation sites (tertiary alicyclic amines) is 1. The Morgan fingerprint density at radius 3 is 2.48 bits per heavy atom. The molecule has 6 atom stereocenters. The van der Waals surface area contributed by atoms with Crippen LogP contribution in [0.15, 0.2) is 24.3 Å². The van der Waals surface area contributed by atoms with Crippen LogP contribution < -0.4 is 5.32 Å². The summed E-state index contributed by atoms with van der Waals surface area (Å²) in [6.45, 7) is 13.1. The van der Waals surface area contributed by atoms with E-state index >= 15 is 0 Å². The number of hydrogen-bond acceptors (Lipinski definition) is 7. The van der Waals surface area contributed by atoms with Crippen LogP contribution in [0.2, 0.25) is 0 Å². The number of rotatable bonds is 7. The molecule has 234 valence electrons. The highest BCUT2D eigenvalue weighted by atomic mass is 16.6. The van der Waals surface area contributed by atoms with Crippen LogP contribution >= 0.6 is 0 Å². The van der Waals surface area contributed by atoms with Gasteiger partial charge in [0, 0.05) is 31.7 Å². The zero-order valence-electron chi connectivity index (χ0n) is 26.1. The Morgan fingerprint density at radius 1 is 1.05 bits per heavy atom. The fourth-order valence-corrected chi connectivity index (χ4v) is 7.38. The number of carbonyl (C=O) groups is 4. The van der Waals surface area contributed by atoms with Gasteiger partial charge in [-0.25, -0.2) is 0 Å². The van der Waals surface area contributed by atoms with Crippen molar-refractivity contribution < 1.29 is 33.8 Å². The second kappa shape index (κ2) is 12.5. The molecule has 0 aromatic rings. The highest BCUT2D eigenvalue weighted by Crippen LogP contribution is 2.56. The van der Waals surface area contributed by atoms with Gasteiger partial charge in [-0.1, -0.05) is 45.1 Å². The Bertz CT molecular complexity index is 1110. The molecule has 0 aliphatic carbocycles. The van der Waals surface area contributed by atoms with Crippen molar-refractivity contribution in [2.24, 2.45) is 17.3 Å². The first-order valence-electron chi connectivity index (χ1n) is 15.4. The lowest BCUT2D eigenvalue weighted by Crippen LogP contribution is -2.60. The van der Waals surface area contributed by atoms with Gasteiger partial charge < -0.3 is 29.7 Å². The van der Waals surface area contributed by atoms with Crippen molar-refractivity contribution in [2.45, 2.75) is 109 Å². The quantitative estimate of drug-likeness (QED) is 0.267. The summed E-state index contributed by atoms with van der Waals surface area (Å²) in [5, 5.41) is 12.1. The Kier molecular flexibility index (Phi) is 9.57. The molecule has 5 bridgehead atoms. The molecule has 10 heteroatoms. The standard InChI is InChI=1S/C32H49N3O7/c1-21-19-33-23(37)13-9-7-11-17-35(31(5,6)20-30(2,3)4)28(39)26-32-15-14-22(42-32)24(29(40)41-21)25(32)27(38)34(26)16-10-8-12-18-36/h7,11,14-15,21-22,24-26,36H,8-10,12-13,16-20H2,1-6H3,(H,33,37)/b11-7-/t21-,22+,24-,25-,26+,32-/m0/s1. The molecule has 4 rings (SSSR count). The molecule has 0 aromatic heterocycles. The number of nitrogens with one attached hydrogen (secondary N) is 1. The lowest BCUT2D eigenvalue weighted by atomic mass is 9.74. The van der Waals surface area contributed by atoms with Gasteiger partial charge in [0.25, 0.3) is 0 Å². The summed E-state index contributed by atoms with van der Waals surface area (Å²) in [5.74, 6) is -2.98. The smallest absolute Gasteiger partial charge is 0.313 e. The lowest BCUT2D eigenvalue weighted by molar-refractivity contribution is -0.159. The molecule has 10 nitrogen and oxygen atoms in total. The monoisotopic (exact) mass is 587 g/mol. The first-order valence-corrected chi connectivity index (χ1v) is 15.4. The number of cyclic esters (lactones) is 1. The van der Waals surface area contributed by atoms with Gasteiger partial charge in [0.05, 0.1) is 18.6 Å². The molecule has 0 saturated carbocycles. The maximum Gasteiger partial charge on any atom is 0.313 e. The van der Waals surface area contributed by atoms with Gasteiger partial charge in [-0.05, 0) is 58.3 Å². The van der Waals surface area contributed by atoms with E-state index < -0.39 is 47.2 Å². The number of ether oxygens (including phenoxy) is 2. The van der Waals surface area contributed by atoms with Crippen molar-refractivity contribution in [1.82, 2.24) is 15.1 Å². The third kappa shape index (κ3) is 6.44. The number of allylic oxidation sites excluding steroid dienone is 1. The largest absolute Gasteiger partial charge is 0.460 e. The minimum absolute atomic E-state index is 0.0596. The Balaban J connectivity index is 1.78. The Hall–Kier alpha value is -2.72. The molecule has 2 fully saturated rings. The molecule has 2 N–H and O–H groups in total. The first kappa shape index (κ1) is 32.2. The Morgan fingerprint density at radius 2 is 1.79 bits per heavy atom. The van der Waals surface area contributed by atoms with Crippen LogP contribution in [0, 0.1) is 17.3 Å². The molecule has 2 saturated heterocycles. The highest BCUT2D eigenvalue weighted by molar-refractivity contribution is 5.99. The second-order valence-corrected chi connectivity index (χ2v) is 14.1. The van der Waals surface area contributed by atoms with Crippen LogP contribution in [0.4, 0.5) is 0 Å². The number of unbranched alkanes of at least 4 members (excludes halogenated alkanes) is 2. The van der Waals surface area contributed by atoms with E-state index in [2.05, 4.69) is 26.1 Å². The van der Waals surface area contributed by atoms with Gasteiger partial charge in [-0.15, -0.1) is 0 Å². The van der Waals surface area contributed by atoms with E-state index in [0.717, 1.165) is 0 Å². The van der Waals surface area contributed by atoms with Crippen molar-refractivity contribution >= 4 is 23.7 Å². The first-order chi connectivity index (χ1) is 19.7.